The second-order valence-electron chi connectivity index (χ2n) is 9.12. The molecule has 136 valence electrons. The molecule has 5 rings (SSSR count). The minimum atomic E-state index is -0.916. The van der Waals surface area contributed by atoms with E-state index >= 15 is 0 Å². The number of ether oxygens (including phenoxy) is 1. The summed E-state index contributed by atoms with van der Waals surface area (Å²) in [5.74, 6) is 2.13. The van der Waals surface area contributed by atoms with Crippen molar-refractivity contribution in [2.45, 2.75) is 70.1 Å². The lowest BCUT2D eigenvalue weighted by atomic mass is 9.52. The summed E-state index contributed by atoms with van der Waals surface area (Å²) in [5, 5.41) is 14.0. The molecule has 0 spiro atoms. The lowest BCUT2D eigenvalue weighted by molar-refractivity contribution is -0.152. The highest BCUT2D eigenvalue weighted by atomic mass is 16.5. The van der Waals surface area contributed by atoms with Crippen LogP contribution in [0.25, 0.3) is 0 Å². The lowest BCUT2D eigenvalue weighted by Gasteiger charge is -2.58. The Morgan fingerprint density at radius 2 is 1.76 bits per heavy atom. The van der Waals surface area contributed by atoms with E-state index in [4.69, 9.17) is 4.74 Å². The number of hydrogen-bond donors (Lipinski definition) is 2. The van der Waals surface area contributed by atoms with Gasteiger partial charge in [-0.1, -0.05) is 17.7 Å². The molecule has 2 N–H and O–H groups in total. The number of benzene rings is 1. The van der Waals surface area contributed by atoms with Crippen LogP contribution in [0, 0.1) is 24.7 Å². The largest absolute Gasteiger partial charge is 0.478 e. The van der Waals surface area contributed by atoms with Crippen molar-refractivity contribution in [1.29, 1.82) is 0 Å². The summed E-state index contributed by atoms with van der Waals surface area (Å²) in [5.41, 5.74) is -0.215. The number of nitrogens with one attached hydrogen (secondary N) is 1. The summed E-state index contributed by atoms with van der Waals surface area (Å²) >= 11 is 0. The summed E-state index contributed by atoms with van der Waals surface area (Å²) in [6.07, 6.45) is 4.92. The smallest absolute Gasteiger partial charge is 0.263 e. The highest BCUT2D eigenvalue weighted by molar-refractivity contribution is 5.85. The molecule has 4 aliphatic carbocycles. The molecule has 4 saturated carbocycles. The molecule has 1 aromatic rings. The third kappa shape index (κ3) is 3.17. The van der Waals surface area contributed by atoms with Crippen molar-refractivity contribution in [3.8, 4) is 5.75 Å². The molecule has 4 bridgehead atoms. The molecule has 4 aliphatic rings. The molecule has 3 unspecified atom stereocenters. The van der Waals surface area contributed by atoms with Crippen LogP contribution >= 0.6 is 0 Å². The van der Waals surface area contributed by atoms with Crippen molar-refractivity contribution < 1.29 is 14.6 Å². The maximum absolute atomic E-state index is 12.9. The third-order valence-electron chi connectivity index (χ3n) is 6.48. The zero-order valence-electron chi connectivity index (χ0n) is 15.4. The van der Waals surface area contributed by atoms with Gasteiger partial charge in [0.2, 0.25) is 0 Å². The van der Waals surface area contributed by atoms with Crippen LogP contribution in [0.2, 0.25) is 0 Å². The molecule has 0 heterocycles. The molecule has 1 amide bonds. The summed E-state index contributed by atoms with van der Waals surface area (Å²) in [7, 11) is 0. The van der Waals surface area contributed by atoms with Gasteiger partial charge < -0.3 is 15.2 Å². The van der Waals surface area contributed by atoms with Crippen molar-refractivity contribution in [2.24, 2.45) is 17.8 Å². The van der Waals surface area contributed by atoms with Crippen molar-refractivity contribution in [3.05, 3.63) is 29.8 Å². The normalized spacial score (nSPS) is 36.3. The first-order valence-electron chi connectivity index (χ1n) is 9.53. The van der Waals surface area contributed by atoms with E-state index in [2.05, 4.69) is 5.32 Å². The molecule has 25 heavy (non-hydrogen) atoms. The van der Waals surface area contributed by atoms with Gasteiger partial charge in [0, 0.05) is 6.04 Å². The van der Waals surface area contributed by atoms with Crippen LogP contribution in [0.5, 0.6) is 5.75 Å². The zero-order chi connectivity index (χ0) is 17.8. The number of hydrogen-bond acceptors (Lipinski definition) is 3. The first kappa shape index (κ1) is 16.9. The first-order valence-corrected chi connectivity index (χ1v) is 9.53. The maximum atomic E-state index is 12.9. The van der Waals surface area contributed by atoms with Crippen molar-refractivity contribution in [3.63, 3.8) is 0 Å². The average molecular weight is 343 g/mol. The number of aryl methyl sites for hydroxylation is 1. The van der Waals surface area contributed by atoms with Crippen LogP contribution in [0.15, 0.2) is 24.3 Å². The fraction of sp³-hybridized carbons (Fsp3) is 0.667. The highest BCUT2D eigenvalue weighted by Crippen LogP contribution is 2.55. The Morgan fingerprint density at radius 1 is 1.16 bits per heavy atom. The molecule has 4 fully saturated rings. The second kappa shape index (κ2) is 5.73. The molecule has 0 radical (unpaired) electrons. The highest BCUT2D eigenvalue weighted by Gasteiger charge is 2.55. The van der Waals surface area contributed by atoms with Crippen LogP contribution in [0.4, 0.5) is 0 Å². The molecule has 5 atom stereocenters. The molecular weight excluding hydrogens is 314 g/mol. The van der Waals surface area contributed by atoms with Gasteiger partial charge in [-0.3, -0.25) is 4.79 Å². The Balaban J connectivity index is 1.43. The second-order valence-corrected chi connectivity index (χ2v) is 9.12. The average Bonchev–Trinajstić information content (AvgIpc) is 2.51. The van der Waals surface area contributed by atoms with Crippen LogP contribution in [-0.2, 0) is 4.79 Å². The minimum Gasteiger partial charge on any atom is -0.478 e. The van der Waals surface area contributed by atoms with E-state index in [0.717, 1.165) is 32.1 Å². The van der Waals surface area contributed by atoms with Gasteiger partial charge in [0.05, 0.1) is 5.60 Å². The van der Waals surface area contributed by atoms with Gasteiger partial charge in [-0.25, -0.2) is 0 Å². The summed E-state index contributed by atoms with van der Waals surface area (Å²) in [6, 6.07) is 7.97. The number of amides is 1. The Hall–Kier alpha value is -1.55. The zero-order valence-corrected chi connectivity index (χ0v) is 15.4. The standard InChI is InChI=1S/C21H29NO3/c1-13-4-6-17(7-5-13)25-20(2,3)19(23)22-18-15-8-14-9-16(18)12-21(24,10-14)11-15/h4-7,14-16,18,24H,8-12H2,1-3H3,(H,22,23)/t14?,15-,16+,18?,21?. The fourth-order valence-corrected chi connectivity index (χ4v) is 5.49. The Labute approximate surface area is 150 Å². The summed E-state index contributed by atoms with van der Waals surface area (Å²) < 4.78 is 5.97. The van der Waals surface area contributed by atoms with E-state index in [1.807, 2.05) is 45.0 Å². The van der Waals surface area contributed by atoms with Gasteiger partial charge in [0.15, 0.2) is 5.60 Å². The monoisotopic (exact) mass is 343 g/mol. The van der Waals surface area contributed by atoms with E-state index in [9.17, 15) is 9.90 Å². The van der Waals surface area contributed by atoms with Crippen LogP contribution in [0.1, 0.15) is 51.5 Å². The quantitative estimate of drug-likeness (QED) is 0.882. The van der Waals surface area contributed by atoms with E-state index in [1.165, 1.54) is 5.56 Å². The number of aliphatic hydroxyl groups is 1. The Bertz CT molecular complexity index is 650. The molecule has 0 aliphatic heterocycles. The van der Waals surface area contributed by atoms with Gasteiger partial charge in [-0.2, -0.15) is 0 Å². The predicted octanol–water partition coefficient (Wildman–Crippen LogP) is 3.21. The minimum absolute atomic E-state index is 0.0578. The van der Waals surface area contributed by atoms with Crippen molar-refractivity contribution >= 4 is 5.91 Å². The number of rotatable bonds is 4. The molecular formula is C21H29NO3. The van der Waals surface area contributed by atoms with Gasteiger partial charge >= 0.3 is 0 Å². The van der Waals surface area contributed by atoms with E-state index in [-0.39, 0.29) is 11.9 Å². The maximum Gasteiger partial charge on any atom is 0.263 e. The van der Waals surface area contributed by atoms with Gasteiger partial charge in [-0.15, -0.1) is 0 Å². The molecule has 4 heteroatoms. The number of carbonyl (C=O) groups is 1. The molecule has 1 aromatic carbocycles. The Morgan fingerprint density at radius 3 is 2.32 bits per heavy atom. The van der Waals surface area contributed by atoms with E-state index in [0.29, 0.717) is 23.5 Å². The SMILES string of the molecule is Cc1ccc(OC(C)(C)C(=O)NC2[C@@H]3CC4C[C@H]2CC(O)(C4)C3)cc1. The molecule has 0 aromatic heterocycles. The lowest BCUT2D eigenvalue weighted by Crippen LogP contribution is -2.63. The van der Waals surface area contributed by atoms with Crippen LogP contribution in [-0.4, -0.2) is 28.3 Å². The van der Waals surface area contributed by atoms with Crippen LogP contribution in [0.3, 0.4) is 0 Å². The van der Waals surface area contributed by atoms with Crippen molar-refractivity contribution in [1.82, 2.24) is 5.32 Å². The predicted molar refractivity (Wildman–Crippen MR) is 96.3 cm³/mol. The van der Waals surface area contributed by atoms with E-state index < -0.39 is 11.2 Å². The number of carbonyl (C=O) groups excluding carboxylic acids is 1. The third-order valence-corrected chi connectivity index (χ3v) is 6.48. The Kier molecular flexibility index (Phi) is 3.87. The molecule has 4 nitrogen and oxygen atoms in total. The van der Waals surface area contributed by atoms with Gasteiger partial charge in [0.25, 0.3) is 5.91 Å². The first-order chi connectivity index (χ1) is 11.7. The van der Waals surface area contributed by atoms with Crippen molar-refractivity contribution in [2.75, 3.05) is 0 Å². The molecule has 0 saturated heterocycles. The topological polar surface area (TPSA) is 58.6 Å². The fourth-order valence-electron chi connectivity index (χ4n) is 5.49. The summed E-state index contributed by atoms with van der Waals surface area (Å²) in [6.45, 7) is 5.68. The summed E-state index contributed by atoms with van der Waals surface area (Å²) in [4.78, 5) is 12.9. The van der Waals surface area contributed by atoms with E-state index in [1.54, 1.807) is 0 Å². The van der Waals surface area contributed by atoms with Gasteiger partial charge in [-0.05, 0) is 82.8 Å². The van der Waals surface area contributed by atoms with Gasteiger partial charge in [0.1, 0.15) is 5.75 Å². The van der Waals surface area contributed by atoms with Crippen LogP contribution < -0.4 is 10.1 Å².